The molecule has 7 aromatic rings. The van der Waals surface area contributed by atoms with E-state index >= 15 is 0 Å². The van der Waals surface area contributed by atoms with Gasteiger partial charge in [0, 0.05) is 41.5 Å². The maximum absolute atomic E-state index is 9.84. The zero-order valence-electron chi connectivity index (χ0n) is 26.6. The number of aromatic nitrogens is 6. The molecule has 0 saturated carbocycles. The second-order valence-electron chi connectivity index (χ2n) is 12.1. The summed E-state index contributed by atoms with van der Waals surface area (Å²) in [6.45, 7) is 10.6. The van der Waals surface area contributed by atoms with Gasteiger partial charge in [-0.1, -0.05) is 94.4 Å². The maximum atomic E-state index is 9.84. The minimum atomic E-state index is -0.500. The van der Waals surface area contributed by atoms with Crippen molar-refractivity contribution in [2.45, 2.75) is 52.6 Å². The molecule has 7 nitrogen and oxygen atoms in total. The van der Waals surface area contributed by atoms with Gasteiger partial charge in [0.15, 0.2) is 11.3 Å². The molecule has 0 saturated heterocycles. The number of aliphatic hydroxyl groups is 1. The van der Waals surface area contributed by atoms with E-state index in [0.717, 1.165) is 54.7 Å². The average molecular weight is 674 g/mol. The van der Waals surface area contributed by atoms with Crippen molar-refractivity contribution in [3.05, 3.63) is 131 Å². The number of nitrogens with zero attached hydrogens (tertiary/aromatic N) is 6. The van der Waals surface area contributed by atoms with Crippen LogP contribution in [0.3, 0.4) is 0 Å². The lowest BCUT2D eigenvalue weighted by Crippen LogP contribution is -1.93. The van der Waals surface area contributed by atoms with Crippen LogP contribution in [0.2, 0.25) is 0 Å². The van der Waals surface area contributed by atoms with Gasteiger partial charge >= 0.3 is 0 Å². The quantitative estimate of drug-likeness (QED) is 0.190. The van der Waals surface area contributed by atoms with E-state index in [1.165, 1.54) is 11.1 Å². The lowest BCUT2D eigenvalue weighted by atomic mass is 10.00. The van der Waals surface area contributed by atoms with Crippen molar-refractivity contribution < 1.29 is 5.11 Å². The third kappa shape index (κ3) is 6.64. The van der Waals surface area contributed by atoms with E-state index in [-0.39, 0.29) is 0 Å². The number of halogens is 1. The summed E-state index contributed by atoms with van der Waals surface area (Å²) in [7, 11) is 0. The Labute approximate surface area is 277 Å². The SMILES string of the molecule is CC(C)c1ccc(-c2cnc3c(-c4cccc(C(C)O)c4)cnn3c2)cc1.CC(C)c1ccc(-c2cnc3c(Br)cnn3c2)cc1. The molecule has 8 heteroatoms. The first-order valence-electron chi connectivity index (χ1n) is 15.5. The Morgan fingerprint density at radius 1 is 0.565 bits per heavy atom. The van der Waals surface area contributed by atoms with Crippen LogP contribution in [0.5, 0.6) is 0 Å². The van der Waals surface area contributed by atoms with E-state index in [4.69, 9.17) is 0 Å². The molecule has 0 aliphatic carbocycles. The van der Waals surface area contributed by atoms with E-state index < -0.39 is 6.10 Å². The maximum Gasteiger partial charge on any atom is 0.169 e. The first-order chi connectivity index (χ1) is 22.2. The smallest absolute Gasteiger partial charge is 0.169 e. The molecule has 0 fully saturated rings. The summed E-state index contributed by atoms with van der Waals surface area (Å²) in [6.07, 6.45) is 10.9. The van der Waals surface area contributed by atoms with Crippen molar-refractivity contribution in [3.8, 4) is 33.4 Å². The van der Waals surface area contributed by atoms with Crippen LogP contribution in [0.1, 0.15) is 69.2 Å². The number of hydrogen-bond acceptors (Lipinski definition) is 5. The van der Waals surface area contributed by atoms with Crippen molar-refractivity contribution in [3.63, 3.8) is 0 Å². The molecule has 1 unspecified atom stereocenters. The predicted molar refractivity (Wildman–Crippen MR) is 189 cm³/mol. The van der Waals surface area contributed by atoms with E-state index in [1.54, 1.807) is 17.6 Å². The molecule has 46 heavy (non-hydrogen) atoms. The van der Waals surface area contributed by atoms with E-state index in [1.807, 2.05) is 59.8 Å². The standard InChI is InChI=1S/C23H23N3O.C15H14BrN3/c1-15(2)17-7-9-18(10-8-17)21-12-24-23-22(13-25-26(23)14-21)20-6-4-5-19(11-20)16(3)27;1-10(2)11-3-5-12(6-4-11)13-7-17-15-14(16)8-18-19(15)9-13/h4-16,27H,1-3H3;3-10H,1-2H3. The van der Waals surface area contributed by atoms with E-state index in [9.17, 15) is 5.11 Å². The van der Waals surface area contributed by atoms with Gasteiger partial charge in [0.2, 0.25) is 0 Å². The highest BCUT2D eigenvalue weighted by Gasteiger charge is 2.12. The molecular formula is C38H37BrN6O. The zero-order valence-corrected chi connectivity index (χ0v) is 28.2. The van der Waals surface area contributed by atoms with Crippen LogP contribution < -0.4 is 0 Å². The Morgan fingerprint density at radius 2 is 1.09 bits per heavy atom. The predicted octanol–water partition coefficient (Wildman–Crippen LogP) is 9.52. The van der Waals surface area contributed by atoms with E-state index in [2.05, 4.69) is 112 Å². The topological polar surface area (TPSA) is 80.6 Å². The molecule has 0 aliphatic heterocycles. The third-order valence-corrected chi connectivity index (χ3v) is 8.73. The van der Waals surface area contributed by atoms with Crippen LogP contribution in [-0.4, -0.2) is 34.3 Å². The molecule has 0 bridgehead atoms. The first-order valence-corrected chi connectivity index (χ1v) is 16.3. The largest absolute Gasteiger partial charge is 0.389 e. The Morgan fingerprint density at radius 3 is 1.63 bits per heavy atom. The summed E-state index contributed by atoms with van der Waals surface area (Å²) in [6, 6.07) is 25.1. The minimum Gasteiger partial charge on any atom is -0.389 e. The number of aliphatic hydroxyl groups excluding tert-OH is 1. The molecule has 0 aliphatic rings. The average Bonchev–Trinajstić information content (AvgIpc) is 3.68. The number of hydrogen-bond donors (Lipinski definition) is 1. The summed E-state index contributed by atoms with van der Waals surface area (Å²) in [5, 5.41) is 18.6. The van der Waals surface area contributed by atoms with Crippen LogP contribution in [-0.2, 0) is 0 Å². The fourth-order valence-electron chi connectivity index (χ4n) is 5.31. The third-order valence-electron chi connectivity index (χ3n) is 8.17. The van der Waals surface area contributed by atoms with Gasteiger partial charge in [0.25, 0.3) is 0 Å². The number of benzene rings is 3. The Hall–Kier alpha value is -4.66. The van der Waals surface area contributed by atoms with Gasteiger partial charge < -0.3 is 5.11 Å². The molecule has 4 heterocycles. The normalized spacial score (nSPS) is 12.1. The number of fused-ring (bicyclic) bond motifs is 2. The summed E-state index contributed by atoms with van der Waals surface area (Å²) in [5.41, 5.74) is 11.5. The Kier molecular flexibility index (Phi) is 9.10. The first kappa shape index (κ1) is 31.3. The second kappa shape index (κ2) is 13.4. The Bertz CT molecular complexity index is 2090. The lowest BCUT2D eigenvalue weighted by molar-refractivity contribution is 0.199. The fourth-order valence-corrected chi connectivity index (χ4v) is 5.68. The zero-order chi connectivity index (χ0) is 32.4. The van der Waals surface area contributed by atoms with Crippen LogP contribution >= 0.6 is 15.9 Å². The molecule has 0 spiro atoms. The van der Waals surface area contributed by atoms with Crippen molar-refractivity contribution in [1.82, 2.24) is 29.2 Å². The summed E-state index contributed by atoms with van der Waals surface area (Å²) in [5.74, 6) is 1.07. The molecule has 4 aromatic heterocycles. The van der Waals surface area contributed by atoms with Gasteiger partial charge in [-0.2, -0.15) is 10.2 Å². The van der Waals surface area contributed by atoms with E-state index in [0.29, 0.717) is 11.8 Å². The van der Waals surface area contributed by atoms with Gasteiger partial charge in [0.05, 0.1) is 23.0 Å². The highest BCUT2D eigenvalue weighted by atomic mass is 79.9. The molecule has 0 amide bonds. The summed E-state index contributed by atoms with van der Waals surface area (Å²) >= 11 is 3.43. The molecule has 232 valence electrons. The van der Waals surface area contributed by atoms with Gasteiger partial charge in [-0.25, -0.2) is 19.0 Å². The molecular weight excluding hydrogens is 636 g/mol. The molecule has 3 aromatic carbocycles. The fraction of sp³-hybridized carbons (Fsp3) is 0.211. The van der Waals surface area contributed by atoms with Crippen LogP contribution in [0.4, 0.5) is 0 Å². The molecule has 0 radical (unpaired) electrons. The van der Waals surface area contributed by atoms with Crippen molar-refractivity contribution in [2.24, 2.45) is 0 Å². The van der Waals surface area contributed by atoms with Gasteiger partial charge in [-0.05, 0) is 74.1 Å². The summed E-state index contributed by atoms with van der Waals surface area (Å²) < 4.78 is 4.51. The highest BCUT2D eigenvalue weighted by molar-refractivity contribution is 9.10. The molecule has 1 N–H and O–H groups in total. The number of rotatable bonds is 6. The summed E-state index contributed by atoms with van der Waals surface area (Å²) in [4.78, 5) is 9.09. The van der Waals surface area contributed by atoms with Crippen molar-refractivity contribution in [1.29, 1.82) is 0 Å². The van der Waals surface area contributed by atoms with Gasteiger partial charge in [-0.15, -0.1) is 0 Å². The van der Waals surface area contributed by atoms with Gasteiger partial charge in [-0.3, -0.25) is 0 Å². The lowest BCUT2D eigenvalue weighted by Gasteiger charge is -2.08. The van der Waals surface area contributed by atoms with Crippen molar-refractivity contribution >= 4 is 27.2 Å². The Balaban J connectivity index is 0.000000172. The molecule has 1 atom stereocenters. The monoisotopic (exact) mass is 672 g/mol. The van der Waals surface area contributed by atoms with Crippen LogP contribution in [0, 0.1) is 0 Å². The molecule has 7 rings (SSSR count). The van der Waals surface area contributed by atoms with Crippen LogP contribution in [0.25, 0.3) is 44.7 Å². The van der Waals surface area contributed by atoms with Gasteiger partial charge in [0.1, 0.15) is 0 Å². The second-order valence-corrected chi connectivity index (χ2v) is 13.0. The highest BCUT2D eigenvalue weighted by Crippen LogP contribution is 2.29. The van der Waals surface area contributed by atoms with Crippen LogP contribution in [0.15, 0.2) is 114 Å². The minimum absolute atomic E-state index is 0.500. The van der Waals surface area contributed by atoms with Crippen molar-refractivity contribution in [2.75, 3.05) is 0 Å².